The van der Waals surface area contributed by atoms with E-state index in [1.165, 1.54) is 0 Å². The first-order chi connectivity index (χ1) is 5.84. The maximum Gasteiger partial charge on any atom is 0.111 e. The number of hydrogen-bond acceptors (Lipinski definition) is 2. The predicted molar refractivity (Wildman–Crippen MR) is 55.2 cm³/mol. The number of H-pyrrole nitrogens is 1. The largest absolute Gasteiger partial charge is 0.397 e. The third-order valence-corrected chi connectivity index (χ3v) is 2.00. The van der Waals surface area contributed by atoms with Gasteiger partial charge in [0.15, 0.2) is 0 Å². The quantitative estimate of drug-likeness (QED) is 0.692. The van der Waals surface area contributed by atoms with Crippen LogP contribution in [0.2, 0.25) is 0 Å². The Balaban J connectivity index is 3.33. The molecule has 0 amide bonds. The van der Waals surface area contributed by atoms with Crippen molar-refractivity contribution < 1.29 is 0 Å². The number of hydrogen-bond donors (Lipinski definition) is 2. The summed E-state index contributed by atoms with van der Waals surface area (Å²) in [5, 5.41) is 7.07. The predicted octanol–water partition coefficient (Wildman–Crippen LogP) is 1.95. The van der Waals surface area contributed by atoms with Gasteiger partial charge in [0, 0.05) is 11.3 Å². The zero-order valence-corrected chi connectivity index (χ0v) is 8.73. The van der Waals surface area contributed by atoms with Crippen molar-refractivity contribution in [2.45, 2.75) is 33.1 Å². The molecule has 0 fully saturated rings. The molecule has 0 aliphatic heterocycles. The van der Waals surface area contributed by atoms with E-state index in [2.05, 4.69) is 37.5 Å². The molecule has 3 N–H and O–H groups in total. The van der Waals surface area contributed by atoms with Gasteiger partial charge >= 0.3 is 0 Å². The minimum Gasteiger partial charge on any atom is -0.397 e. The molecule has 3 heteroatoms. The molecule has 0 aliphatic rings. The molecule has 13 heavy (non-hydrogen) atoms. The molecule has 0 aliphatic carbocycles. The van der Waals surface area contributed by atoms with Crippen LogP contribution in [0.3, 0.4) is 0 Å². The number of nitrogens with zero attached hydrogens (tertiary/aromatic N) is 1. The van der Waals surface area contributed by atoms with Crippen molar-refractivity contribution in [1.82, 2.24) is 10.2 Å². The molecule has 1 aromatic rings. The summed E-state index contributed by atoms with van der Waals surface area (Å²) in [6, 6.07) is 0. The van der Waals surface area contributed by atoms with Gasteiger partial charge in [0.2, 0.25) is 0 Å². The molecule has 0 unspecified atom stereocenters. The Hall–Kier alpha value is -1.25. The van der Waals surface area contributed by atoms with Gasteiger partial charge in [0.25, 0.3) is 0 Å². The minimum absolute atomic E-state index is 0.0503. The average Bonchev–Trinajstić information content (AvgIpc) is 2.28. The maximum atomic E-state index is 5.65. The normalized spacial score (nSPS) is 11.7. The molecule has 0 radical (unpaired) electrons. The number of nitrogens with two attached hydrogens (primary N) is 1. The number of aromatic amines is 1. The van der Waals surface area contributed by atoms with Gasteiger partial charge in [-0.3, -0.25) is 5.10 Å². The summed E-state index contributed by atoms with van der Waals surface area (Å²) in [5.74, 6) is 0. The van der Waals surface area contributed by atoms with Crippen LogP contribution in [0.1, 0.15) is 37.7 Å². The Morgan fingerprint density at radius 3 is 2.31 bits per heavy atom. The molecule has 1 rings (SSSR count). The van der Waals surface area contributed by atoms with E-state index in [-0.39, 0.29) is 5.41 Å². The van der Waals surface area contributed by atoms with Crippen LogP contribution in [0, 0.1) is 6.92 Å². The van der Waals surface area contributed by atoms with Gasteiger partial charge in [0.05, 0.1) is 5.70 Å². The number of nitrogens with one attached hydrogen (secondary N) is 1. The molecule has 1 aromatic heterocycles. The standard InChI is InChI=1S/C10H17N3/c1-6(11)9-8(10(3,4)5)7(2)12-13-9/h1,11H2,2-5H3,(H,12,13). The maximum absolute atomic E-state index is 5.65. The minimum atomic E-state index is 0.0503. The lowest BCUT2D eigenvalue weighted by Crippen LogP contribution is -2.15. The summed E-state index contributed by atoms with van der Waals surface area (Å²) >= 11 is 0. The molecule has 0 saturated heterocycles. The molecule has 0 atom stereocenters. The first-order valence-corrected chi connectivity index (χ1v) is 4.34. The second kappa shape index (κ2) is 2.91. The van der Waals surface area contributed by atoms with Crippen LogP contribution in [0.25, 0.3) is 5.70 Å². The number of aryl methyl sites for hydroxylation is 1. The molecule has 0 bridgehead atoms. The van der Waals surface area contributed by atoms with E-state index < -0.39 is 0 Å². The molecular formula is C10H17N3. The van der Waals surface area contributed by atoms with Crippen molar-refractivity contribution in [2.24, 2.45) is 5.73 Å². The van der Waals surface area contributed by atoms with Gasteiger partial charge in [-0.25, -0.2) is 0 Å². The zero-order chi connectivity index (χ0) is 10.2. The fourth-order valence-electron chi connectivity index (χ4n) is 1.58. The Morgan fingerprint density at radius 2 is 2.00 bits per heavy atom. The molecule has 72 valence electrons. The first-order valence-electron chi connectivity index (χ1n) is 4.34. The van der Waals surface area contributed by atoms with Crippen LogP contribution in [0.4, 0.5) is 0 Å². The van der Waals surface area contributed by atoms with E-state index in [4.69, 9.17) is 5.73 Å². The molecular weight excluding hydrogens is 162 g/mol. The van der Waals surface area contributed by atoms with Gasteiger partial charge in [0.1, 0.15) is 5.69 Å². The second-order valence-electron chi connectivity index (χ2n) is 4.35. The fourth-order valence-corrected chi connectivity index (χ4v) is 1.58. The lowest BCUT2D eigenvalue weighted by molar-refractivity contribution is 0.584. The molecule has 3 nitrogen and oxygen atoms in total. The third-order valence-electron chi connectivity index (χ3n) is 2.00. The fraction of sp³-hybridized carbons (Fsp3) is 0.500. The Morgan fingerprint density at radius 1 is 1.46 bits per heavy atom. The van der Waals surface area contributed by atoms with Gasteiger partial charge in [-0.1, -0.05) is 27.4 Å². The van der Waals surface area contributed by atoms with E-state index in [0.29, 0.717) is 5.70 Å². The highest BCUT2D eigenvalue weighted by Gasteiger charge is 2.23. The highest BCUT2D eigenvalue weighted by molar-refractivity contribution is 5.62. The van der Waals surface area contributed by atoms with Crippen molar-refractivity contribution in [2.75, 3.05) is 0 Å². The topological polar surface area (TPSA) is 54.7 Å². The summed E-state index contributed by atoms with van der Waals surface area (Å²) in [7, 11) is 0. The molecule has 0 aromatic carbocycles. The number of rotatable bonds is 1. The smallest absolute Gasteiger partial charge is 0.111 e. The van der Waals surface area contributed by atoms with Crippen LogP contribution in [-0.2, 0) is 5.41 Å². The Labute approximate surface area is 79.0 Å². The Bertz CT molecular complexity index is 328. The van der Waals surface area contributed by atoms with Crippen molar-refractivity contribution in [1.29, 1.82) is 0 Å². The summed E-state index contributed by atoms with van der Waals surface area (Å²) in [5.41, 5.74) is 9.23. The lowest BCUT2D eigenvalue weighted by Gasteiger charge is -2.19. The summed E-state index contributed by atoms with van der Waals surface area (Å²) in [4.78, 5) is 0. The molecule has 0 spiro atoms. The molecule has 1 heterocycles. The highest BCUT2D eigenvalue weighted by atomic mass is 15.1. The van der Waals surface area contributed by atoms with Gasteiger partial charge < -0.3 is 5.73 Å². The highest BCUT2D eigenvalue weighted by Crippen LogP contribution is 2.29. The lowest BCUT2D eigenvalue weighted by atomic mass is 9.85. The SMILES string of the molecule is C=C(N)c1n[nH]c(C)c1C(C)(C)C. The zero-order valence-electron chi connectivity index (χ0n) is 8.73. The third kappa shape index (κ3) is 1.74. The van der Waals surface area contributed by atoms with Gasteiger partial charge in [-0.05, 0) is 12.3 Å². The average molecular weight is 179 g/mol. The van der Waals surface area contributed by atoms with Crippen molar-refractivity contribution in [3.05, 3.63) is 23.5 Å². The van der Waals surface area contributed by atoms with Crippen LogP contribution in [0.15, 0.2) is 6.58 Å². The van der Waals surface area contributed by atoms with Crippen LogP contribution in [-0.4, -0.2) is 10.2 Å². The van der Waals surface area contributed by atoms with Crippen LogP contribution >= 0.6 is 0 Å². The summed E-state index contributed by atoms with van der Waals surface area (Å²) in [6.45, 7) is 12.1. The van der Waals surface area contributed by atoms with E-state index in [0.717, 1.165) is 17.0 Å². The van der Waals surface area contributed by atoms with Crippen molar-refractivity contribution in [3.8, 4) is 0 Å². The van der Waals surface area contributed by atoms with E-state index in [9.17, 15) is 0 Å². The van der Waals surface area contributed by atoms with Crippen molar-refractivity contribution >= 4 is 5.70 Å². The second-order valence-corrected chi connectivity index (χ2v) is 4.35. The summed E-state index contributed by atoms with van der Waals surface area (Å²) < 4.78 is 0. The number of aromatic nitrogens is 2. The van der Waals surface area contributed by atoms with E-state index in [1.54, 1.807) is 0 Å². The Kier molecular flexibility index (Phi) is 2.20. The van der Waals surface area contributed by atoms with Gasteiger partial charge in [-0.2, -0.15) is 5.10 Å². The van der Waals surface area contributed by atoms with Gasteiger partial charge in [-0.15, -0.1) is 0 Å². The monoisotopic (exact) mass is 179 g/mol. The van der Waals surface area contributed by atoms with Crippen LogP contribution in [0.5, 0.6) is 0 Å². The summed E-state index contributed by atoms with van der Waals surface area (Å²) in [6.07, 6.45) is 0. The van der Waals surface area contributed by atoms with E-state index >= 15 is 0 Å². The first kappa shape index (κ1) is 9.84. The van der Waals surface area contributed by atoms with E-state index in [1.807, 2.05) is 6.92 Å². The molecule has 0 saturated carbocycles. The van der Waals surface area contributed by atoms with Crippen LogP contribution < -0.4 is 5.73 Å². The van der Waals surface area contributed by atoms with Crippen molar-refractivity contribution in [3.63, 3.8) is 0 Å².